The van der Waals surface area contributed by atoms with Crippen LogP contribution in [0.1, 0.15) is 33.7 Å². The van der Waals surface area contributed by atoms with Gasteiger partial charge in [0, 0.05) is 42.9 Å². The van der Waals surface area contributed by atoms with Gasteiger partial charge in [-0.2, -0.15) is 5.10 Å². The first kappa shape index (κ1) is 17.6. The Labute approximate surface area is 149 Å². The molecule has 0 fully saturated rings. The molecule has 1 amide bonds. The monoisotopic (exact) mass is 341 g/mol. The van der Waals surface area contributed by atoms with Crippen LogP contribution in [0.2, 0.25) is 0 Å². The number of aromatic nitrogens is 2. The summed E-state index contributed by atoms with van der Waals surface area (Å²) in [7, 11) is 4.18. The lowest BCUT2D eigenvalue weighted by Crippen LogP contribution is -2.27. The van der Waals surface area contributed by atoms with E-state index >= 15 is 0 Å². The van der Waals surface area contributed by atoms with Crippen LogP contribution in [0.5, 0.6) is 0 Å². The van der Waals surface area contributed by atoms with Crippen molar-refractivity contribution in [2.24, 2.45) is 0 Å². The highest BCUT2D eigenvalue weighted by molar-refractivity contribution is 5.94. The molecule has 0 aliphatic carbocycles. The van der Waals surface area contributed by atoms with E-state index < -0.39 is 0 Å². The van der Waals surface area contributed by atoms with Gasteiger partial charge in [-0.25, -0.2) is 0 Å². The summed E-state index contributed by atoms with van der Waals surface area (Å²) >= 11 is 0. The highest BCUT2D eigenvalue weighted by Crippen LogP contribution is 2.19. The summed E-state index contributed by atoms with van der Waals surface area (Å²) in [6.45, 7) is 4.26. The van der Waals surface area contributed by atoms with Crippen LogP contribution in [-0.2, 0) is 26.1 Å². The van der Waals surface area contributed by atoms with Crippen molar-refractivity contribution in [2.75, 3.05) is 27.2 Å². The van der Waals surface area contributed by atoms with Crippen LogP contribution < -0.4 is 10.6 Å². The van der Waals surface area contributed by atoms with Gasteiger partial charge < -0.3 is 15.5 Å². The zero-order valence-electron chi connectivity index (χ0n) is 15.1. The fourth-order valence-corrected chi connectivity index (χ4v) is 3.21. The van der Waals surface area contributed by atoms with Crippen molar-refractivity contribution in [3.63, 3.8) is 0 Å². The van der Waals surface area contributed by atoms with Gasteiger partial charge in [0.1, 0.15) is 0 Å². The second kappa shape index (κ2) is 8.27. The van der Waals surface area contributed by atoms with E-state index in [9.17, 15) is 4.79 Å². The number of hydrogen-bond donors (Lipinski definition) is 2. The molecule has 0 saturated heterocycles. The van der Waals surface area contributed by atoms with Gasteiger partial charge in [0.05, 0.1) is 12.2 Å². The fraction of sp³-hybridized carbons (Fsp3) is 0.474. The zero-order valence-corrected chi connectivity index (χ0v) is 15.1. The Bertz CT molecular complexity index is 708. The number of aryl methyl sites for hydroxylation is 1. The van der Waals surface area contributed by atoms with E-state index in [-0.39, 0.29) is 5.91 Å². The first-order valence-electron chi connectivity index (χ1n) is 8.91. The first-order valence-corrected chi connectivity index (χ1v) is 8.91. The smallest absolute Gasteiger partial charge is 0.251 e. The third-order valence-corrected chi connectivity index (χ3v) is 4.52. The number of benzene rings is 1. The van der Waals surface area contributed by atoms with Crippen LogP contribution in [0.3, 0.4) is 0 Å². The average molecular weight is 341 g/mol. The Morgan fingerprint density at radius 3 is 2.88 bits per heavy atom. The summed E-state index contributed by atoms with van der Waals surface area (Å²) in [5, 5.41) is 11.2. The number of nitrogens with zero attached hydrogens (tertiary/aromatic N) is 3. The largest absolute Gasteiger partial charge is 0.346 e. The molecule has 2 heterocycles. The van der Waals surface area contributed by atoms with Crippen LogP contribution in [0.15, 0.2) is 30.3 Å². The molecule has 0 unspecified atom stereocenters. The van der Waals surface area contributed by atoms with Crippen LogP contribution in [-0.4, -0.2) is 47.8 Å². The maximum atomic E-state index is 12.3. The van der Waals surface area contributed by atoms with E-state index in [1.807, 2.05) is 30.3 Å². The Balaban J connectivity index is 1.68. The minimum Gasteiger partial charge on any atom is -0.346 e. The lowest BCUT2D eigenvalue weighted by molar-refractivity contribution is 0.0950. The number of rotatable bonds is 7. The molecule has 134 valence electrons. The third-order valence-electron chi connectivity index (χ3n) is 4.52. The van der Waals surface area contributed by atoms with Crippen LogP contribution >= 0.6 is 0 Å². The van der Waals surface area contributed by atoms with Crippen molar-refractivity contribution in [1.29, 1.82) is 0 Å². The van der Waals surface area contributed by atoms with Gasteiger partial charge in [0.2, 0.25) is 0 Å². The maximum absolute atomic E-state index is 12.3. The summed E-state index contributed by atoms with van der Waals surface area (Å²) < 4.78 is 2.14. The summed E-state index contributed by atoms with van der Waals surface area (Å²) in [5.41, 5.74) is 4.24. The van der Waals surface area contributed by atoms with Crippen LogP contribution in [0.4, 0.5) is 0 Å². The van der Waals surface area contributed by atoms with E-state index in [2.05, 4.69) is 34.3 Å². The van der Waals surface area contributed by atoms with E-state index in [1.165, 1.54) is 11.3 Å². The standard InChI is InChI=1S/C19H27N5O/c1-23(2)11-6-12-24-18-9-10-20-13-16(18)17(22-24)14-21-19(25)15-7-4-3-5-8-15/h3-5,7-8,20H,6,9-14H2,1-2H3,(H,21,25). The van der Waals surface area contributed by atoms with Crippen molar-refractivity contribution >= 4 is 5.91 Å². The second-order valence-electron chi connectivity index (χ2n) is 6.73. The molecule has 6 nitrogen and oxygen atoms in total. The number of fused-ring (bicyclic) bond motifs is 1. The molecule has 0 bridgehead atoms. The Morgan fingerprint density at radius 2 is 2.12 bits per heavy atom. The number of amides is 1. The predicted octanol–water partition coefficient (Wildman–Crippen LogP) is 1.41. The SMILES string of the molecule is CN(C)CCCn1nc(CNC(=O)c2ccccc2)c2c1CCNC2. The molecule has 6 heteroatoms. The highest BCUT2D eigenvalue weighted by Gasteiger charge is 2.20. The topological polar surface area (TPSA) is 62.2 Å². The molecule has 1 aromatic carbocycles. The highest BCUT2D eigenvalue weighted by atomic mass is 16.1. The van der Waals surface area contributed by atoms with Crippen molar-refractivity contribution in [3.8, 4) is 0 Å². The Kier molecular flexibility index (Phi) is 5.83. The lowest BCUT2D eigenvalue weighted by atomic mass is 10.1. The molecule has 1 aliphatic heterocycles. The van der Waals surface area contributed by atoms with Gasteiger partial charge in [-0.15, -0.1) is 0 Å². The van der Waals surface area contributed by atoms with E-state index in [1.54, 1.807) is 0 Å². The molecule has 0 saturated carbocycles. The van der Waals surface area contributed by atoms with Gasteiger partial charge in [-0.3, -0.25) is 9.48 Å². The molecule has 0 atom stereocenters. The van der Waals surface area contributed by atoms with Crippen LogP contribution in [0.25, 0.3) is 0 Å². The van der Waals surface area contributed by atoms with Crippen molar-refractivity contribution in [3.05, 3.63) is 52.8 Å². The molecule has 2 N–H and O–H groups in total. The lowest BCUT2D eigenvalue weighted by Gasteiger charge is -2.16. The summed E-state index contributed by atoms with van der Waals surface area (Å²) in [5.74, 6) is -0.0553. The van der Waals surface area contributed by atoms with Gasteiger partial charge in [-0.1, -0.05) is 18.2 Å². The van der Waals surface area contributed by atoms with Gasteiger partial charge in [0.25, 0.3) is 5.91 Å². The molecule has 0 radical (unpaired) electrons. The molecule has 0 spiro atoms. The normalized spacial score (nSPS) is 13.7. The number of carbonyl (C=O) groups is 1. The fourth-order valence-electron chi connectivity index (χ4n) is 3.21. The average Bonchev–Trinajstić information content (AvgIpc) is 2.98. The van der Waals surface area contributed by atoms with Crippen molar-refractivity contribution in [2.45, 2.75) is 32.5 Å². The second-order valence-corrected chi connectivity index (χ2v) is 6.73. The summed E-state index contributed by atoms with van der Waals surface area (Å²) in [4.78, 5) is 14.5. The van der Waals surface area contributed by atoms with Crippen LogP contribution in [0, 0.1) is 0 Å². The third kappa shape index (κ3) is 4.46. The van der Waals surface area contributed by atoms with E-state index in [0.29, 0.717) is 12.1 Å². The van der Waals surface area contributed by atoms with Gasteiger partial charge >= 0.3 is 0 Å². The maximum Gasteiger partial charge on any atom is 0.251 e. The number of carbonyl (C=O) groups excluding carboxylic acids is 1. The Hall–Kier alpha value is -2.18. The molecule has 1 aromatic heterocycles. The van der Waals surface area contributed by atoms with Gasteiger partial charge in [-0.05, 0) is 39.2 Å². The number of hydrogen-bond acceptors (Lipinski definition) is 4. The van der Waals surface area contributed by atoms with Gasteiger partial charge in [0.15, 0.2) is 0 Å². The molecule has 2 aromatic rings. The molecular formula is C19H27N5O. The summed E-state index contributed by atoms with van der Waals surface area (Å²) in [6, 6.07) is 9.31. The molecule has 1 aliphatic rings. The minimum atomic E-state index is -0.0553. The Morgan fingerprint density at radius 1 is 1.32 bits per heavy atom. The quantitative estimate of drug-likeness (QED) is 0.799. The first-order chi connectivity index (χ1) is 12.1. The number of nitrogens with one attached hydrogen (secondary N) is 2. The van der Waals surface area contributed by atoms with E-state index in [0.717, 1.165) is 44.7 Å². The summed E-state index contributed by atoms with van der Waals surface area (Å²) in [6.07, 6.45) is 2.07. The minimum absolute atomic E-state index is 0.0553. The molecule has 25 heavy (non-hydrogen) atoms. The zero-order chi connectivity index (χ0) is 17.6. The molecule has 3 rings (SSSR count). The van der Waals surface area contributed by atoms with E-state index in [4.69, 9.17) is 5.10 Å². The van der Waals surface area contributed by atoms with Crippen molar-refractivity contribution in [1.82, 2.24) is 25.3 Å². The molecular weight excluding hydrogens is 314 g/mol. The van der Waals surface area contributed by atoms with Crippen molar-refractivity contribution < 1.29 is 4.79 Å². The predicted molar refractivity (Wildman–Crippen MR) is 98.4 cm³/mol.